The minimum absolute atomic E-state index is 0.0120. The van der Waals surface area contributed by atoms with Crippen LogP contribution in [0.15, 0.2) is 23.8 Å². The Morgan fingerprint density at radius 3 is 2.68 bits per heavy atom. The standard InChI is InChI=1S/C22H30FNO4/c1-12-8-16-15-5-4-13-9-14(25)6-7-19(13,2)21(15,23)17(26)10-20(16,3)22(12,28)18(27)11-24/h6-7,9,12,15-17,26,28H,4-5,8,10-11,24H2,1-3H3/t12-,15+,16+,17+,19+,20+,21+,22+/m1/s1. The lowest BCUT2D eigenvalue weighted by Crippen LogP contribution is -2.69. The summed E-state index contributed by atoms with van der Waals surface area (Å²) in [6.07, 6.45) is 4.70. The Kier molecular flexibility index (Phi) is 4.15. The molecule has 0 aliphatic heterocycles. The number of alkyl halides is 1. The predicted molar refractivity (Wildman–Crippen MR) is 102 cm³/mol. The van der Waals surface area contributed by atoms with Gasteiger partial charge in [-0.15, -0.1) is 0 Å². The fourth-order valence-corrected chi connectivity index (χ4v) is 7.30. The molecule has 0 heterocycles. The first-order valence-electron chi connectivity index (χ1n) is 10.2. The van der Waals surface area contributed by atoms with E-state index >= 15 is 4.39 Å². The van der Waals surface area contributed by atoms with Crippen molar-refractivity contribution in [3.8, 4) is 0 Å². The number of aliphatic hydroxyl groups excluding tert-OH is 1. The lowest BCUT2D eigenvalue weighted by Gasteiger charge is -2.62. The number of rotatable bonds is 2. The average Bonchev–Trinajstić information content (AvgIpc) is 2.84. The van der Waals surface area contributed by atoms with E-state index in [9.17, 15) is 19.8 Å². The quantitative estimate of drug-likeness (QED) is 0.667. The second-order valence-electron chi connectivity index (χ2n) is 9.80. The van der Waals surface area contributed by atoms with Crippen molar-refractivity contribution in [1.82, 2.24) is 0 Å². The second kappa shape index (κ2) is 5.83. The third-order valence-electron chi connectivity index (χ3n) is 8.83. The number of carbonyl (C=O) groups is 2. The van der Waals surface area contributed by atoms with Crippen molar-refractivity contribution in [1.29, 1.82) is 0 Å². The molecule has 0 bridgehead atoms. The SMILES string of the molecule is C[C@@H]1C[C@H]2[C@@H]3CCC4=CC(=O)C=C[C@]4(C)[C@@]3(F)[C@@H](O)C[C@]2(C)[C@@]1(O)C(=O)CN. The van der Waals surface area contributed by atoms with Crippen molar-refractivity contribution < 1.29 is 24.2 Å². The van der Waals surface area contributed by atoms with Crippen LogP contribution in [-0.4, -0.2) is 45.7 Å². The number of hydrogen-bond acceptors (Lipinski definition) is 5. The number of hydrogen-bond donors (Lipinski definition) is 3. The zero-order chi connectivity index (χ0) is 20.7. The van der Waals surface area contributed by atoms with Gasteiger partial charge in [0.2, 0.25) is 0 Å². The highest BCUT2D eigenvalue weighted by Gasteiger charge is 2.75. The maximum atomic E-state index is 16.9. The number of aliphatic hydroxyl groups is 2. The van der Waals surface area contributed by atoms with E-state index in [2.05, 4.69) is 0 Å². The van der Waals surface area contributed by atoms with Crippen LogP contribution in [0.5, 0.6) is 0 Å². The number of nitrogens with two attached hydrogens (primary N) is 1. The zero-order valence-corrected chi connectivity index (χ0v) is 16.7. The van der Waals surface area contributed by atoms with Crippen molar-refractivity contribution in [2.75, 3.05) is 6.54 Å². The Labute approximate surface area is 164 Å². The highest BCUT2D eigenvalue weighted by Crippen LogP contribution is 2.70. The summed E-state index contributed by atoms with van der Waals surface area (Å²) in [6, 6.07) is 0. The van der Waals surface area contributed by atoms with Crippen LogP contribution in [0, 0.1) is 28.6 Å². The Bertz CT molecular complexity index is 808. The van der Waals surface area contributed by atoms with Gasteiger partial charge in [-0.3, -0.25) is 9.59 Å². The third-order valence-corrected chi connectivity index (χ3v) is 8.83. The highest BCUT2D eigenvalue weighted by molar-refractivity contribution is 6.01. The second-order valence-corrected chi connectivity index (χ2v) is 9.80. The molecule has 4 aliphatic rings. The minimum Gasteiger partial charge on any atom is -0.390 e. The third kappa shape index (κ3) is 2.01. The molecule has 0 aromatic carbocycles. The Balaban J connectivity index is 1.84. The van der Waals surface area contributed by atoms with Crippen molar-refractivity contribution >= 4 is 11.6 Å². The molecular weight excluding hydrogens is 361 g/mol. The first-order valence-corrected chi connectivity index (χ1v) is 10.2. The van der Waals surface area contributed by atoms with Gasteiger partial charge in [0, 0.05) is 16.7 Å². The number of carbonyl (C=O) groups excluding carboxylic acids is 2. The topological polar surface area (TPSA) is 101 Å². The monoisotopic (exact) mass is 391 g/mol. The van der Waals surface area contributed by atoms with Gasteiger partial charge in [0.25, 0.3) is 0 Å². The first-order chi connectivity index (χ1) is 13.0. The maximum absolute atomic E-state index is 16.9. The molecule has 0 radical (unpaired) electrons. The van der Waals surface area contributed by atoms with E-state index in [1.165, 1.54) is 12.2 Å². The molecule has 0 unspecified atom stereocenters. The molecule has 0 saturated heterocycles. The molecule has 4 aliphatic carbocycles. The van der Waals surface area contributed by atoms with Gasteiger partial charge in [-0.2, -0.15) is 0 Å². The van der Waals surface area contributed by atoms with E-state index < -0.39 is 39.9 Å². The van der Waals surface area contributed by atoms with E-state index in [-0.39, 0.29) is 30.6 Å². The van der Waals surface area contributed by atoms with E-state index in [4.69, 9.17) is 5.73 Å². The summed E-state index contributed by atoms with van der Waals surface area (Å²) in [4.78, 5) is 24.5. The van der Waals surface area contributed by atoms with Crippen molar-refractivity contribution in [3.63, 3.8) is 0 Å². The molecule has 154 valence electrons. The van der Waals surface area contributed by atoms with Gasteiger partial charge >= 0.3 is 0 Å². The summed E-state index contributed by atoms with van der Waals surface area (Å²) >= 11 is 0. The van der Waals surface area contributed by atoms with Gasteiger partial charge in [-0.1, -0.05) is 25.5 Å². The molecule has 28 heavy (non-hydrogen) atoms. The van der Waals surface area contributed by atoms with Gasteiger partial charge in [0.1, 0.15) is 5.60 Å². The summed E-state index contributed by atoms with van der Waals surface area (Å²) in [7, 11) is 0. The fourth-order valence-electron chi connectivity index (χ4n) is 7.30. The predicted octanol–water partition coefficient (Wildman–Crippen LogP) is 1.86. The summed E-state index contributed by atoms with van der Waals surface area (Å²) in [6.45, 7) is 5.11. The van der Waals surface area contributed by atoms with Crippen LogP contribution in [0.3, 0.4) is 0 Å². The summed E-state index contributed by atoms with van der Waals surface area (Å²) in [5.41, 5.74) is 0.711. The normalized spacial score (nSPS) is 52.5. The van der Waals surface area contributed by atoms with Gasteiger partial charge in [-0.05, 0) is 56.6 Å². The summed E-state index contributed by atoms with van der Waals surface area (Å²) in [5.74, 6) is -1.71. The van der Waals surface area contributed by atoms with Crippen LogP contribution >= 0.6 is 0 Å². The van der Waals surface area contributed by atoms with Gasteiger partial charge < -0.3 is 15.9 Å². The molecule has 4 rings (SSSR count). The van der Waals surface area contributed by atoms with Crippen LogP contribution in [0.1, 0.15) is 46.5 Å². The molecule has 5 nitrogen and oxygen atoms in total. The highest BCUT2D eigenvalue weighted by atomic mass is 19.1. The van der Waals surface area contributed by atoms with Crippen LogP contribution in [0.2, 0.25) is 0 Å². The van der Waals surface area contributed by atoms with Gasteiger partial charge in [-0.25, -0.2) is 4.39 Å². The van der Waals surface area contributed by atoms with Gasteiger partial charge in [0.15, 0.2) is 17.2 Å². The van der Waals surface area contributed by atoms with Crippen LogP contribution in [0.4, 0.5) is 4.39 Å². The van der Waals surface area contributed by atoms with Crippen molar-refractivity contribution in [2.24, 2.45) is 34.3 Å². The summed E-state index contributed by atoms with van der Waals surface area (Å²) in [5, 5.41) is 22.6. The first kappa shape index (κ1) is 19.9. The van der Waals surface area contributed by atoms with Gasteiger partial charge in [0.05, 0.1) is 12.6 Å². The van der Waals surface area contributed by atoms with Crippen LogP contribution in [-0.2, 0) is 9.59 Å². The molecule has 3 fully saturated rings. The smallest absolute Gasteiger partial charge is 0.178 e. The lowest BCUT2D eigenvalue weighted by molar-refractivity contribution is -0.218. The Morgan fingerprint density at radius 2 is 2.04 bits per heavy atom. The molecule has 3 saturated carbocycles. The number of fused-ring (bicyclic) bond motifs is 5. The summed E-state index contributed by atoms with van der Waals surface area (Å²) < 4.78 is 16.9. The van der Waals surface area contributed by atoms with E-state index in [1.807, 2.05) is 13.8 Å². The number of halogens is 1. The molecule has 0 spiro atoms. The maximum Gasteiger partial charge on any atom is 0.178 e. The molecule has 0 aromatic rings. The van der Waals surface area contributed by atoms with E-state index in [0.29, 0.717) is 19.3 Å². The fraction of sp³-hybridized carbons (Fsp3) is 0.727. The minimum atomic E-state index is -1.95. The average molecular weight is 391 g/mol. The molecular formula is C22H30FNO4. The number of Topliss-reactive ketones (excluding diaryl/α,β-unsaturated/α-hetero) is 1. The van der Waals surface area contributed by atoms with E-state index in [0.717, 1.165) is 5.57 Å². The number of allylic oxidation sites excluding steroid dienone is 4. The molecule has 0 amide bonds. The van der Waals surface area contributed by atoms with Crippen molar-refractivity contribution in [3.05, 3.63) is 23.8 Å². The Morgan fingerprint density at radius 1 is 1.36 bits per heavy atom. The van der Waals surface area contributed by atoms with Crippen molar-refractivity contribution in [2.45, 2.75) is 63.8 Å². The Hall–Kier alpha value is -1.37. The van der Waals surface area contributed by atoms with Crippen LogP contribution in [0.25, 0.3) is 0 Å². The molecule has 6 heteroatoms. The largest absolute Gasteiger partial charge is 0.390 e. The zero-order valence-electron chi connectivity index (χ0n) is 16.7. The molecule has 8 atom stereocenters. The lowest BCUT2D eigenvalue weighted by atomic mass is 9.44. The van der Waals surface area contributed by atoms with E-state index in [1.54, 1.807) is 13.0 Å². The molecule has 0 aromatic heterocycles. The molecule has 4 N–H and O–H groups in total. The van der Waals surface area contributed by atoms with Crippen LogP contribution < -0.4 is 5.73 Å². The number of ketones is 2.